The van der Waals surface area contributed by atoms with Gasteiger partial charge in [-0.3, -0.25) is 9.78 Å². The molecule has 0 spiro atoms. The van der Waals surface area contributed by atoms with Crippen LogP contribution in [0, 0.1) is 0 Å². The van der Waals surface area contributed by atoms with E-state index in [9.17, 15) is 9.59 Å². The molecule has 0 saturated heterocycles. The predicted molar refractivity (Wildman–Crippen MR) is 126 cm³/mol. The van der Waals surface area contributed by atoms with Crippen molar-refractivity contribution in [2.75, 3.05) is 14.2 Å². The van der Waals surface area contributed by atoms with Crippen LogP contribution in [0.25, 0.3) is 10.8 Å². The van der Waals surface area contributed by atoms with E-state index in [0.29, 0.717) is 17.1 Å². The highest BCUT2D eigenvalue weighted by Gasteiger charge is 2.16. The van der Waals surface area contributed by atoms with Crippen molar-refractivity contribution in [3.8, 4) is 17.2 Å². The second-order valence-corrected chi connectivity index (χ2v) is 6.95. The molecule has 9 nitrogen and oxygen atoms in total. The number of hydrogen-bond donors (Lipinski definition) is 1. The fraction of sp³-hybridized carbons (Fsp3) is 0.0800. The average Bonchev–Trinajstić information content (AvgIpc) is 2.89. The third-order valence-corrected chi connectivity index (χ3v) is 4.91. The van der Waals surface area contributed by atoms with Gasteiger partial charge in [0.05, 0.1) is 32.2 Å². The van der Waals surface area contributed by atoms with Gasteiger partial charge in [-0.1, -0.05) is 30.3 Å². The number of nitrogens with zero attached hydrogens (tertiary/aromatic N) is 3. The van der Waals surface area contributed by atoms with E-state index in [4.69, 9.17) is 14.2 Å². The standard InChI is InChI=1S/C25H20N4O5/c1-32-22-10-8-17(13-23(22)33-2)25(31)34-21-9-7-16-5-3-4-6-18(16)19(21)14-28-29-24(30)20-15-26-11-12-27-20/h3-15H,1-2H3,(H,29,30)/b28-14-. The van der Waals surface area contributed by atoms with Gasteiger partial charge in [-0.25, -0.2) is 15.2 Å². The number of benzene rings is 3. The molecule has 4 aromatic rings. The summed E-state index contributed by atoms with van der Waals surface area (Å²) in [5.41, 5.74) is 3.33. The summed E-state index contributed by atoms with van der Waals surface area (Å²) in [5, 5.41) is 5.74. The van der Waals surface area contributed by atoms with Gasteiger partial charge in [0.1, 0.15) is 11.4 Å². The SMILES string of the molecule is COc1ccc(C(=O)Oc2ccc3ccccc3c2/C=N\NC(=O)c2cnccn2)cc1OC. The lowest BCUT2D eigenvalue weighted by molar-refractivity contribution is 0.0734. The topological polar surface area (TPSA) is 112 Å². The molecule has 9 heteroatoms. The Hall–Kier alpha value is -4.79. The Kier molecular flexibility index (Phi) is 6.73. The first-order chi connectivity index (χ1) is 16.6. The number of fused-ring (bicyclic) bond motifs is 1. The third kappa shape index (κ3) is 4.83. The summed E-state index contributed by atoms with van der Waals surface area (Å²) in [7, 11) is 3.00. The molecule has 1 N–H and O–H groups in total. The molecule has 0 radical (unpaired) electrons. The van der Waals surface area contributed by atoms with E-state index in [1.807, 2.05) is 30.3 Å². The molecule has 0 unspecified atom stereocenters. The molecule has 0 atom stereocenters. The van der Waals surface area contributed by atoms with Crippen LogP contribution in [-0.4, -0.2) is 42.3 Å². The van der Waals surface area contributed by atoms with E-state index in [1.165, 1.54) is 45.1 Å². The van der Waals surface area contributed by atoms with Crippen molar-refractivity contribution in [1.29, 1.82) is 0 Å². The van der Waals surface area contributed by atoms with E-state index in [0.717, 1.165) is 10.8 Å². The van der Waals surface area contributed by atoms with Gasteiger partial charge >= 0.3 is 5.97 Å². The summed E-state index contributed by atoms with van der Waals surface area (Å²) in [5.74, 6) is 0.0688. The Morgan fingerprint density at radius 2 is 1.74 bits per heavy atom. The first kappa shape index (κ1) is 22.4. The molecule has 1 heterocycles. The van der Waals surface area contributed by atoms with Crippen LogP contribution in [0.1, 0.15) is 26.4 Å². The van der Waals surface area contributed by atoms with E-state index < -0.39 is 11.9 Å². The maximum absolute atomic E-state index is 12.9. The highest BCUT2D eigenvalue weighted by molar-refractivity contribution is 6.04. The molecule has 34 heavy (non-hydrogen) atoms. The monoisotopic (exact) mass is 456 g/mol. The van der Waals surface area contributed by atoms with E-state index in [1.54, 1.807) is 18.2 Å². The van der Waals surface area contributed by atoms with Crippen LogP contribution in [0.15, 0.2) is 78.3 Å². The largest absolute Gasteiger partial charge is 0.493 e. The van der Waals surface area contributed by atoms with Gasteiger partial charge in [0, 0.05) is 18.0 Å². The Morgan fingerprint density at radius 1 is 0.941 bits per heavy atom. The summed E-state index contributed by atoms with van der Waals surface area (Å²) in [6.45, 7) is 0. The van der Waals surface area contributed by atoms with Crippen LogP contribution in [0.5, 0.6) is 17.2 Å². The van der Waals surface area contributed by atoms with E-state index in [2.05, 4.69) is 20.5 Å². The molecule has 0 aliphatic carbocycles. The van der Waals surface area contributed by atoms with Crippen LogP contribution >= 0.6 is 0 Å². The second kappa shape index (κ2) is 10.2. The third-order valence-electron chi connectivity index (χ3n) is 4.91. The molecule has 0 fully saturated rings. The maximum atomic E-state index is 12.9. The highest BCUT2D eigenvalue weighted by atomic mass is 16.5. The van der Waals surface area contributed by atoms with E-state index in [-0.39, 0.29) is 17.0 Å². The number of methoxy groups -OCH3 is 2. The lowest BCUT2D eigenvalue weighted by atomic mass is 10.0. The minimum absolute atomic E-state index is 0.123. The number of rotatable bonds is 7. The summed E-state index contributed by atoms with van der Waals surface area (Å²) in [4.78, 5) is 32.9. The number of carbonyl (C=O) groups excluding carboxylic acids is 2. The van der Waals surface area contributed by atoms with Crippen molar-refractivity contribution in [1.82, 2.24) is 15.4 Å². The molecule has 0 bridgehead atoms. The molecule has 1 aromatic heterocycles. The second-order valence-electron chi connectivity index (χ2n) is 6.95. The normalized spacial score (nSPS) is 10.8. The van der Waals surface area contributed by atoms with Crippen molar-refractivity contribution in [3.05, 3.63) is 90.0 Å². The lowest BCUT2D eigenvalue weighted by Gasteiger charge is -2.12. The smallest absolute Gasteiger partial charge is 0.343 e. The minimum atomic E-state index is -0.588. The highest BCUT2D eigenvalue weighted by Crippen LogP contribution is 2.30. The number of hydrazone groups is 1. The van der Waals surface area contributed by atoms with Crippen LogP contribution in [0.3, 0.4) is 0 Å². The molecule has 0 aliphatic rings. The summed E-state index contributed by atoms with van der Waals surface area (Å²) >= 11 is 0. The molecular weight excluding hydrogens is 436 g/mol. The van der Waals surface area contributed by atoms with Gasteiger partial charge < -0.3 is 14.2 Å². The quantitative estimate of drug-likeness (QED) is 0.196. The molecule has 0 saturated carbocycles. The zero-order valence-corrected chi connectivity index (χ0v) is 18.4. The van der Waals surface area contributed by atoms with Gasteiger partial charge in [-0.15, -0.1) is 0 Å². The summed E-state index contributed by atoms with van der Waals surface area (Å²) in [6, 6.07) is 15.8. The van der Waals surface area contributed by atoms with Crippen LogP contribution < -0.4 is 19.6 Å². The van der Waals surface area contributed by atoms with Gasteiger partial charge in [-0.05, 0) is 35.0 Å². The number of nitrogens with one attached hydrogen (secondary N) is 1. The van der Waals surface area contributed by atoms with Crippen LogP contribution in [0.4, 0.5) is 0 Å². The number of aromatic nitrogens is 2. The zero-order valence-electron chi connectivity index (χ0n) is 18.4. The lowest BCUT2D eigenvalue weighted by Crippen LogP contribution is -2.19. The Balaban J connectivity index is 1.63. The van der Waals surface area contributed by atoms with Gasteiger partial charge in [0.15, 0.2) is 11.5 Å². The number of hydrogen-bond acceptors (Lipinski definition) is 8. The molecule has 170 valence electrons. The van der Waals surface area contributed by atoms with Crippen molar-refractivity contribution >= 4 is 28.9 Å². The Morgan fingerprint density at radius 3 is 2.50 bits per heavy atom. The van der Waals surface area contributed by atoms with Crippen molar-refractivity contribution in [2.24, 2.45) is 5.10 Å². The zero-order chi connectivity index (χ0) is 23.9. The molecule has 1 amide bonds. The minimum Gasteiger partial charge on any atom is -0.493 e. The van der Waals surface area contributed by atoms with Gasteiger partial charge in [-0.2, -0.15) is 5.10 Å². The predicted octanol–water partition coefficient (Wildman–Crippen LogP) is 3.63. The number of esters is 1. The molecule has 0 aliphatic heterocycles. The van der Waals surface area contributed by atoms with Crippen molar-refractivity contribution < 1.29 is 23.8 Å². The van der Waals surface area contributed by atoms with E-state index >= 15 is 0 Å². The Bertz CT molecular complexity index is 1370. The fourth-order valence-corrected chi connectivity index (χ4v) is 3.25. The molecule has 4 rings (SSSR count). The molecule has 3 aromatic carbocycles. The number of amides is 1. The van der Waals surface area contributed by atoms with Gasteiger partial charge in [0.25, 0.3) is 5.91 Å². The Labute approximate surface area is 195 Å². The fourth-order valence-electron chi connectivity index (χ4n) is 3.25. The van der Waals surface area contributed by atoms with Crippen LogP contribution in [-0.2, 0) is 0 Å². The van der Waals surface area contributed by atoms with Crippen molar-refractivity contribution in [2.45, 2.75) is 0 Å². The van der Waals surface area contributed by atoms with Crippen LogP contribution in [0.2, 0.25) is 0 Å². The summed E-state index contributed by atoms with van der Waals surface area (Å²) < 4.78 is 16.2. The first-order valence-electron chi connectivity index (χ1n) is 10.2. The average molecular weight is 456 g/mol. The first-order valence-corrected chi connectivity index (χ1v) is 10.2. The summed E-state index contributed by atoms with van der Waals surface area (Å²) in [6.07, 6.45) is 5.64. The van der Waals surface area contributed by atoms with Gasteiger partial charge in [0.2, 0.25) is 0 Å². The number of ether oxygens (including phenoxy) is 3. The molecular formula is C25H20N4O5. The number of carbonyl (C=O) groups is 2. The van der Waals surface area contributed by atoms with Crippen molar-refractivity contribution in [3.63, 3.8) is 0 Å². The maximum Gasteiger partial charge on any atom is 0.343 e.